The van der Waals surface area contributed by atoms with E-state index in [0.717, 1.165) is 0 Å². The van der Waals surface area contributed by atoms with Crippen LogP contribution in [0.4, 0.5) is 0 Å². The zero-order valence-corrected chi connectivity index (χ0v) is 20.1. The average molecular weight is 524 g/mol. The summed E-state index contributed by atoms with van der Waals surface area (Å²) in [5.74, 6) is -1.40. The van der Waals surface area contributed by atoms with Crippen molar-refractivity contribution < 1.29 is 64.6 Å². The van der Waals surface area contributed by atoms with E-state index in [4.69, 9.17) is 18.9 Å². The molecule has 13 atom stereocenters. The molecular weight excluding hydrogens is 484 g/mol. The van der Waals surface area contributed by atoms with E-state index in [1.165, 1.54) is 6.92 Å². The van der Waals surface area contributed by atoms with Gasteiger partial charge in [-0.05, 0) is 19.3 Å². The smallest absolute Gasteiger partial charge is 0.302 e. The molecular formula is C23H39O13+. The highest BCUT2D eigenvalue weighted by molar-refractivity contribution is 5.65. The van der Waals surface area contributed by atoms with Crippen LogP contribution in [-0.4, -0.2) is 138 Å². The maximum Gasteiger partial charge on any atom is 0.302 e. The lowest BCUT2D eigenvalue weighted by Gasteiger charge is -2.48. The summed E-state index contributed by atoms with van der Waals surface area (Å²) < 4.78 is 21.5. The standard InChI is InChI=1S/C23H38O13/c1-8(24)33-7-17-19(30)20(31)21(32)23(36-17)35-16-6-11-12(26)4-10(25)5-15(11)34-22(16)9-2-13(27)18(29)14(28)3-9/h9-23,25-32H,2-7H2,1H3/p+1/t9?,10?,11?,12?,13?,14?,15?,16?,17-,18?,19-,20-,21-,22?,23-/m1/s1. The molecule has 0 spiro atoms. The van der Waals surface area contributed by atoms with Crippen LogP contribution < -0.4 is 0 Å². The Labute approximate surface area is 208 Å². The van der Waals surface area contributed by atoms with Crippen molar-refractivity contribution in [3.8, 4) is 0 Å². The summed E-state index contributed by atoms with van der Waals surface area (Å²) in [5, 5.41) is 82.5. The Morgan fingerprint density at radius 3 is 2.14 bits per heavy atom. The summed E-state index contributed by atoms with van der Waals surface area (Å²) in [6.45, 7) is 0.800. The molecule has 4 aliphatic rings. The van der Waals surface area contributed by atoms with Gasteiger partial charge in [0.15, 0.2) is 18.5 Å². The summed E-state index contributed by atoms with van der Waals surface area (Å²) in [6.07, 6.45) is -13.5. The molecule has 2 saturated carbocycles. The second-order valence-electron chi connectivity index (χ2n) is 10.6. The van der Waals surface area contributed by atoms with Crippen LogP contribution in [0.15, 0.2) is 0 Å². The van der Waals surface area contributed by atoms with Gasteiger partial charge in [0.05, 0.1) is 30.3 Å². The summed E-state index contributed by atoms with van der Waals surface area (Å²) >= 11 is 0. The molecule has 13 nitrogen and oxygen atoms in total. The Hall–Kier alpha value is -0.970. The van der Waals surface area contributed by atoms with Crippen LogP contribution in [0.2, 0.25) is 0 Å². The molecule has 2 aliphatic carbocycles. The van der Waals surface area contributed by atoms with Crippen molar-refractivity contribution in [3.63, 3.8) is 0 Å². The van der Waals surface area contributed by atoms with E-state index in [2.05, 4.69) is 0 Å². The monoisotopic (exact) mass is 523 g/mol. The first-order valence-electron chi connectivity index (χ1n) is 12.5. The van der Waals surface area contributed by atoms with E-state index in [1.54, 1.807) is 0 Å². The predicted molar refractivity (Wildman–Crippen MR) is 118 cm³/mol. The second-order valence-corrected chi connectivity index (χ2v) is 10.6. The van der Waals surface area contributed by atoms with Gasteiger partial charge in [0.1, 0.15) is 43.2 Å². The molecule has 0 bridgehead atoms. The number of aliphatic hydroxyl groups is 10. The predicted octanol–water partition coefficient (Wildman–Crippen LogP) is -3.96. The van der Waals surface area contributed by atoms with Crippen molar-refractivity contribution in [1.29, 1.82) is 0 Å². The molecule has 2 heterocycles. The summed E-state index contributed by atoms with van der Waals surface area (Å²) in [6, 6.07) is 0. The summed E-state index contributed by atoms with van der Waals surface area (Å²) in [5.41, 5.74) is 0. The lowest BCUT2D eigenvalue weighted by molar-refractivity contribution is -0.357. The van der Waals surface area contributed by atoms with Gasteiger partial charge in [-0.3, -0.25) is 4.79 Å². The van der Waals surface area contributed by atoms with Gasteiger partial charge in [-0.25, -0.2) is 0 Å². The van der Waals surface area contributed by atoms with Crippen molar-refractivity contribution >= 4 is 5.97 Å². The van der Waals surface area contributed by atoms with E-state index >= 15 is 0 Å². The maximum absolute atomic E-state index is 11.2. The Morgan fingerprint density at radius 1 is 0.833 bits per heavy atom. The molecule has 0 aromatic heterocycles. The molecule has 4 rings (SSSR count). The van der Waals surface area contributed by atoms with Crippen molar-refractivity contribution in [2.75, 3.05) is 6.61 Å². The van der Waals surface area contributed by atoms with Gasteiger partial charge in [0, 0.05) is 25.7 Å². The Morgan fingerprint density at radius 2 is 1.50 bits per heavy atom. The number of fused-ring (bicyclic) bond motifs is 1. The Kier molecular flexibility index (Phi) is 8.89. The Balaban J connectivity index is 1.54. The van der Waals surface area contributed by atoms with Gasteiger partial charge < -0.3 is 59.8 Å². The van der Waals surface area contributed by atoms with Crippen LogP contribution in [0.3, 0.4) is 0 Å². The first kappa shape index (κ1) is 28.0. The fraction of sp³-hybridized carbons (Fsp3) is 0.957. The molecule has 8 unspecified atom stereocenters. The van der Waals surface area contributed by atoms with Gasteiger partial charge >= 0.3 is 5.97 Å². The normalized spacial score (nSPS) is 51.9. The highest BCUT2D eigenvalue weighted by atomic mass is 16.7. The Bertz CT molecular complexity index is 742. The van der Waals surface area contributed by atoms with Gasteiger partial charge in [0.25, 0.3) is 0 Å². The van der Waals surface area contributed by atoms with Crippen LogP contribution >= 0.6 is 0 Å². The minimum absolute atomic E-state index is 0.124. The van der Waals surface area contributed by atoms with E-state index in [9.17, 15) is 45.6 Å². The molecule has 0 amide bonds. The number of aliphatic hydroxyl groups excluding tert-OH is 8. The van der Waals surface area contributed by atoms with Gasteiger partial charge in [-0.15, -0.1) is 0 Å². The average Bonchev–Trinajstić information content (AvgIpc) is 2.81. The lowest BCUT2D eigenvalue weighted by Crippen LogP contribution is -2.63. The van der Waals surface area contributed by atoms with Gasteiger partial charge in [-0.2, -0.15) is 0 Å². The third kappa shape index (κ3) is 5.86. The van der Waals surface area contributed by atoms with Crippen molar-refractivity contribution in [2.45, 2.75) is 119 Å². The third-order valence-electron chi connectivity index (χ3n) is 8.05. The van der Waals surface area contributed by atoms with Crippen LogP contribution in [0.25, 0.3) is 0 Å². The molecule has 208 valence electrons. The number of hydrogen-bond donors (Lipinski definition) is 8. The van der Waals surface area contributed by atoms with Crippen LogP contribution in [0, 0.1) is 11.8 Å². The fourth-order valence-corrected chi connectivity index (χ4v) is 6.10. The molecule has 36 heavy (non-hydrogen) atoms. The van der Waals surface area contributed by atoms with Crippen molar-refractivity contribution in [1.82, 2.24) is 0 Å². The minimum atomic E-state index is -1.65. The van der Waals surface area contributed by atoms with Crippen molar-refractivity contribution in [2.24, 2.45) is 11.8 Å². The maximum atomic E-state index is 11.2. The third-order valence-corrected chi connectivity index (χ3v) is 8.05. The van der Waals surface area contributed by atoms with E-state index in [-0.39, 0.29) is 38.2 Å². The zero-order valence-electron chi connectivity index (χ0n) is 20.1. The minimum Gasteiger partial charge on any atom is -0.463 e. The fourth-order valence-electron chi connectivity index (χ4n) is 6.10. The quantitative estimate of drug-likeness (QED) is 0.128. The zero-order chi connectivity index (χ0) is 26.3. The lowest BCUT2D eigenvalue weighted by atomic mass is 9.72. The second kappa shape index (κ2) is 11.4. The molecule has 9 N–H and O–H groups in total. The van der Waals surface area contributed by atoms with Crippen LogP contribution in [-0.2, 0) is 19.0 Å². The molecule has 0 aromatic carbocycles. The SMILES string of the molecule is CC(=O)OC[C@H]1O[C@@H](OC2CC3C(O)CC(O)CC3[OH+]C2C2CC(O)C(O)C(O)C2)[C@H](O)[C@H](O)[C@@H]1O. The first-order valence-corrected chi connectivity index (χ1v) is 12.5. The van der Waals surface area contributed by atoms with Gasteiger partial charge in [0.2, 0.25) is 0 Å². The highest BCUT2D eigenvalue weighted by Crippen LogP contribution is 2.42. The molecule has 4 fully saturated rings. The van der Waals surface area contributed by atoms with E-state index in [0.29, 0.717) is 6.42 Å². The van der Waals surface area contributed by atoms with Gasteiger partial charge in [-0.1, -0.05) is 0 Å². The highest BCUT2D eigenvalue weighted by Gasteiger charge is 2.55. The number of rotatable bonds is 5. The van der Waals surface area contributed by atoms with E-state index in [1.807, 2.05) is 0 Å². The first-order chi connectivity index (χ1) is 17.0. The summed E-state index contributed by atoms with van der Waals surface area (Å²) in [7, 11) is 0. The molecule has 0 aromatic rings. The number of esters is 1. The van der Waals surface area contributed by atoms with E-state index < -0.39 is 91.4 Å². The number of ether oxygens (including phenoxy) is 4. The molecule has 13 heteroatoms. The summed E-state index contributed by atoms with van der Waals surface area (Å²) in [4.78, 5) is 11.2. The van der Waals surface area contributed by atoms with Crippen LogP contribution in [0.1, 0.15) is 39.0 Å². The van der Waals surface area contributed by atoms with Crippen molar-refractivity contribution in [3.05, 3.63) is 0 Å². The number of hydrogen-bond acceptors (Lipinski definition) is 12. The molecule has 2 saturated heterocycles. The largest absolute Gasteiger partial charge is 0.463 e. The molecule has 0 radical (unpaired) electrons. The number of carbonyl (C=O) groups excluding carboxylic acids is 1. The molecule has 2 aliphatic heterocycles. The number of carbonyl (C=O) groups is 1. The topological polar surface area (TPSA) is 219 Å². The van der Waals surface area contributed by atoms with Crippen LogP contribution in [0.5, 0.6) is 0 Å².